The fraction of sp³-hybridized carbons (Fsp3) is 0.542. The monoisotopic (exact) mass is 410 g/mol. The number of hydrogen-bond acceptors (Lipinski definition) is 4. The van der Waals surface area contributed by atoms with Crippen molar-refractivity contribution in [2.45, 2.75) is 56.6 Å². The quantitative estimate of drug-likeness (QED) is 0.759. The highest BCUT2D eigenvalue weighted by Gasteiger charge is 2.43. The summed E-state index contributed by atoms with van der Waals surface area (Å²) in [7, 11) is 0. The van der Waals surface area contributed by atoms with Gasteiger partial charge in [0.1, 0.15) is 11.4 Å². The molecule has 3 heterocycles. The zero-order chi connectivity index (χ0) is 19.7. The number of ether oxygens (including phenoxy) is 1. The molecule has 0 bridgehead atoms. The normalized spacial score (nSPS) is 23.4. The molecule has 5 heteroatoms. The second-order valence-corrected chi connectivity index (χ2v) is 9.86. The molecule has 4 nitrogen and oxygen atoms in total. The number of piperidine rings is 1. The number of rotatable bonds is 6. The van der Waals surface area contributed by atoms with Crippen molar-refractivity contribution in [3.05, 3.63) is 52.2 Å². The van der Waals surface area contributed by atoms with Crippen LogP contribution in [0, 0.1) is 5.92 Å². The largest absolute Gasteiger partial charge is 0.487 e. The summed E-state index contributed by atoms with van der Waals surface area (Å²) >= 11 is 1.77. The van der Waals surface area contributed by atoms with Gasteiger partial charge in [-0.3, -0.25) is 9.69 Å². The Bertz CT molecular complexity index is 838. The molecule has 3 aliphatic rings. The number of fused-ring (bicyclic) bond motifs is 1. The Kier molecular flexibility index (Phi) is 5.35. The van der Waals surface area contributed by atoms with E-state index < -0.39 is 0 Å². The zero-order valence-electron chi connectivity index (χ0n) is 16.9. The predicted molar refractivity (Wildman–Crippen MR) is 116 cm³/mol. The number of thiophene rings is 1. The van der Waals surface area contributed by atoms with Crippen molar-refractivity contribution in [3.8, 4) is 5.75 Å². The molecule has 1 atom stereocenters. The van der Waals surface area contributed by atoms with Crippen molar-refractivity contribution in [1.82, 2.24) is 10.2 Å². The highest BCUT2D eigenvalue weighted by atomic mass is 32.1. The van der Waals surface area contributed by atoms with Crippen LogP contribution in [0.3, 0.4) is 0 Å². The van der Waals surface area contributed by atoms with Crippen LogP contribution < -0.4 is 10.1 Å². The molecule has 2 aliphatic heterocycles. The Morgan fingerprint density at radius 3 is 2.79 bits per heavy atom. The predicted octanol–water partition coefficient (Wildman–Crippen LogP) is 4.57. The Morgan fingerprint density at radius 1 is 1.21 bits per heavy atom. The van der Waals surface area contributed by atoms with E-state index in [0.29, 0.717) is 6.42 Å². The van der Waals surface area contributed by atoms with E-state index in [2.05, 4.69) is 45.2 Å². The lowest BCUT2D eigenvalue weighted by atomic mass is 9.76. The molecule has 1 N–H and O–H groups in total. The minimum atomic E-state index is -0.124. The fourth-order valence-electron chi connectivity index (χ4n) is 4.87. The average Bonchev–Trinajstić information content (AvgIpc) is 3.43. The lowest BCUT2D eigenvalue weighted by Gasteiger charge is -2.47. The summed E-state index contributed by atoms with van der Waals surface area (Å²) in [5, 5.41) is 7.56. The Labute approximate surface area is 177 Å². The smallest absolute Gasteiger partial charge is 0.220 e. The van der Waals surface area contributed by atoms with Gasteiger partial charge in [-0.05, 0) is 72.0 Å². The van der Waals surface area contributed by atoms with E-state index in [1.165, 1.54) is 24.0 Å². The maximum absolute atomic E-state index is 12.6. The van der Waals surface area contributed by atoms with Crippen LogP contribution in [0.4, 0.5) is 0 Å². The molecule has 29 heavy (non-hydrogen) atoms. The van der Waals surface area contributed by atoms with Gasteiger partial charge in [0.15, 0.2) is 0 Å². The van der Waals surface area contributed by atoms with Gasteiger partial charge in [0.2, 0.25) is 5.91 Å². The molecular weight excluding hydrogens is 380 g/mol. The van der Waals surface area contributed by atoms with Crippen LogP contribution in [0.1, 0.15) is 55.6 Å². The van der Waals surface area contributed by atoms with E-state index in [1.54, 1.807) is 11.3 Å². The zero-order valence-corrected chi connectivity index (χ0v) is 17.8. The van der Waals surface area contributed by atoms with E-state index in [-0.39, 0.29) is 17.4 Å². The van der Waals surface area contributed by atoms with Gasteiger partial charge in [0.25, 0.3) is 0 Å². The summed E-state index contributed by atoms with van der Waals surface area (Å²) in [6.45, 7) is 3.99. The van der Waals surface area contributed by atoms with Crippen molar-refractivity contribution in [1.29, 1.82) is 0 Å². The van der Waals surface area contributed by atoms with E-state index in [9.17, 15) is 4.79 Å². The Balaban J connectivity index is 1.26. The molecule has 154 valence electrons. The molecule has 2 aromatic rings. The third kappa shape index (κ3) is 4.51. The van der Waals surface area contributed by atoms with Crippen LogP contribution in [0.5, 0.6) is 5.75 Å². The van der Waals surface area contributed by atoms with Crippen LogP contribution in [0.2, 0.25) is 0 Å². The number of carbonyl (C=O) groups excluding carboxylic acids is 1. The molecule has 1 spiro atoms. The van der Waals surface area contributed by atoms with E-state index >= 15 is 0 Å². The van der Waals surface area contributed by atoms with Crippen LogP contribution >= 0.6 is 11.3 Å². The lowest BCUT2D eigenvalue weighted by molar-refractivity contribution is -0.122. The van der Waals surface area contributed by atoms with Gasteiger partial charge in [-0.25, -0.2) is 0 Å². The molecule has 0 radical (unpaired) electrons. The first kappa shape index (κ1) is 19.1. The van der Waals surface area contributed by atoms with Gasteiger partial charge in [-0.15, -0.1) is 0 Å². The van der Waals surface area contributed by atoms with E-state index in [1.807, 2.05) is 6.07 Å². The third-order valence-corrected chi connectivity index (χ3v) is 7.51. The summed E-state index contributed by atoms with van der Waals surface area (Å²) < 4.78 is 6.61. The average molecular weight is 411 g/mol. The number of likely N-dealkylation sites (tertiary alicyclic amines) is 1. The maximum Gasteiger partial charge on any atom is 0.220 e. The summed E-state index contributed by atoms with van der Waals surface area (Å²) in [5.74, 6) is 2.16. The minimum Gasteiger partial charge on any atom is -0.487 e. The number of para-hydroxylation sites is 1. The molecule has 1 amide bonds. The standard InChI is InChI=1S/C24H30N2O2S/c27-23(25-15-18-5-6-18)13-20-14-24(28-22-4-2-1-3-21(20)22)8-10-26(11-9-24)16-19-7-12-29-17-19/h1-4,7,12,17-18,20H,5-6,8-11,13-16H2,(H,25,27)/t20-/m0/s1. The van der Waals surface area contributed by atoms with Crippen LogP contribution in [0.15, 0.2) is 41.1 Å². The van der Waals surface area contributed by atoms with E-state index in [0.717, 1.165) is 57.1 Å². The van der Waals surface area contributed by atoms with Crippen LogP contribution in [-0.2, 0) is 11.3 Å². The molecule has 2 fully saturated rings. The molecule has 1 aromatic heterocycles. The van der Waals surface area contributed by atoms with Gasteiger partial charge in [0, 0.05) is 38.5 Å². The third-order valence-electron chi connectivity index (χ3n) is 6.77. The molecule has 5 rings (SSSR count). The van der Waals surface area contributed by atoms with Gasteiger partial charge in [0.05, 0.1) is 0 Å². The number of nitrogens with one attached hydrogen (secondary N) is 1. The number of nitrogens with zero attached hydrogens (tertiary/aromatic N) is 1. The topological polar surface area (TPSA) is 41.6 Å². The molecule has 1 aromatic carbocycles. The Morgan fingerprint density at radius 2 is 2.03 bits per heavy atom. The summed E-state index contributed by atoms with van der Waals surface area (Å²) in [6.07, 6.45) is 6.13. The van der Waals surface area contributed by atoms with Crippen molar-refractivity contribution in [2.24, 2.45) is 5.92 Å². The highest BCUT2D eigenvalue weighted by Crippen LogP contribution is 2.46. The van der Waals surface area contributed by atoms with Crippen molar-refractivity contribution < 1.29 is 9.53 Å². The first-order valence-electron chi connectivity index (χ1n) is 11.0. The SMILES string of the molecule is O=C(C[C@H]1CC2(CCN(Cc3ccsc3)CC2)Oc2ccccc21)NCC1CC1. The molecule has 1 saturated carbocycles. The van der Waals surface area contributed by atoms with Gasteiger partial charge in [-0.1, -0.05) is 18.2 Å². The van der Waals surface area contributed by atoms with Crippen molar-refractivity contribution in [2.75, 3.05) is 19.6 Å². The van der Waals surface area contributed by atoms with Gasteiger partial charge < -0.3 is 10.1 Å². The summed E-state index contributed by atoms with van der Waals surface area (Å²) in [4.78, 5) is 15.1. The molecule has 1 aliphatic carbocycles. The Hall–Kier alpha value is -1.85. The first-order valence-corrected chi connectivity index (χ1v) is 11.9. The lowest BCUT2D eigenvalue weighted by Crippen LogP contribution is -2.50. The van der Waals surface area contributed by atoms with Crippen molar-refractivity contribution >= 4 is 17.2 Å². The number of hydrogen-bond donors (Lipinski definition) is 1. The maximum atomic E-state index is 12.6. The molecule has 0 unspecified atom stereocenters. The van der Waals surface area contributed by atoms with Crippen molar-refractivity contribution in [3.63, 3.8) is 0 Å². The van der Waals surface area contributed by atoms with Gasteiger partial charge >= 0.3 is 0 Å². The highest BCUT2D eigenvalue weighted by molar-refractivity contribution is 7.07. The number of benzene rings is 1. The summed E-state index contributed by atoms with van der Waals surface area (Å²) in [6, 6.07) is 10.6. The summed E-state index contributed by atoms with van der Waals surface area (Å²) in [5.41, 5.74) is 2.49. The molecule has 1 saturated heterocycles. The second kappa shape index (κ2) is 8.11. The molecular formula is C24H30N2O2S. The minimum absolute atomic E-state index is 0.124. The number of carbonyl (C=O) groups is 1. The fourth-order valence-corrected chi connectivity index (χ4v) is 5.53. The number of amides is 1. The van der Waals surface area contributed by atoms with Crippen LogP contribution in [0.25, 0.3) is 0 Å². The van der Waals surface area contributed by atoms with E-state index in [4.69, 9.17) is 4.74 Å². The first-order chi connectivity index (χ1) is 14.2. The van der Waals surface area contributed by atoms with Crippen LogP contribution in [-0.4, -0.2) is 36.0 Å². The van der Waals surface area contributed by atoms with Gasteiger partial charge in [-0.2, -0.15) is 11.3 Å². The second-order valence-electron chi connectivity index (χ2n) is 9.08.